The predicted octanol–water partition coefficient (Wildman–Crippen LogP) is 2.19. The minimum Gasteiger partial charge on any atom is -0.370 e. The first-order valence-electron chi connectivity index (χ1n) is 6.86. The predicted molar refractivity (Wildman–Crippen MR) is 86.8 cm³/mol. The highest BCUT2D eigenvalue weighted by Crippen LogP contribution is 2.07. The Morgan fingerprint density at radius 2 is 2.05 bits per heavy atom. The average Bonchev–Trinajstić information content (AvgIpc) is 3.09. The molecule has 1 aromatic carbocycles. The van der Waals surface area contributed by atoms with Crippen LogP contribution in [0.5, 0.6) is 0 Å². The van der Waals surface area contributed by atoms with E-state index in [0.29, 0.717) is 12.5 Å². The molecule has 2 aromatic heterocycles. The zero-order chi connectivity index (χ0) is 15.2. The van der Waals surface area contributed by atoms with Crippen molar-refractivity contribution in [1.82, 2.24) is 14.5 Å². The SMILES string of the molecule is NC(=NCc1ccc(-n2ccnc2)nc1)Nc1ccccc1. The summed E-state index contributed by atoms with van der Waals surface area (Å²) in [6.07, 6.45) is 7.06. The monoisotopic (exact) mass is 292 g/mol. The minimum absolute atomic E-state index is 0.380. The van der Waals surface area contributed by atoms with Crippen molar-refractivity contribution in [2.75, 3.05) is 5.32 Å². The fourth-order valence-electron chi connectivity index (χ4n) is 1.94. The first-order valence-corrected chi connectivity index (χ1v) is 6.86. The second-order valence-corrected chi connectivity index (χ2v) is 4.69. The lowest BCUT2D eigenvalue weighted by atomic mass is 10.3. The Morgan fingerprint density at radius 1 is 1.18 bits per heavy atom. The molecule has 0 atom stereocenters. The number of benzene rings is 1. The fraction of sp³-hybridized carbons (Fsp3) is 0.0625. The van der Waals surface area contributed by atoms with E-state index in [-0.39, 0.29) is 0 Å². The Balaban J connectivity index is 1.62. The molecule has 0 aliphatic rings. The van der Waals surface area contributed by atoms with E-state index in [1.54, 1.807) is 18.7 Å². The number of guanidine groups is 1. The molecule has 0 aliphatic heterocycles. The summed E-state index contributed by atoms with van der Waals surface area (Å²) >= 11 is 0. The van der Waals surface area contributed by atoms with Crippen molar-refractivity contribution >= 4 is 11.6 Å². The minimum atomic E-state index is 0.380. The number of hydrogen-bond acceptors (Lipinski definition) is 3. The van der Waals surface area contributed by atoms with Crippen LogP contribution in [0.25, 0.3) is 5.82 Å². The molecule has 0 amide bonds. The van der Waals surface area contributed by atoms with Crippen molar-refractivity contribution in [3.8, 4) is 5.82 Å². The van der Waals surface area contributed by atoms with E-state index in [2.05, 4.69) is 20.3 Å². The lowest BCUT2D eigenvalue weighted by Crippen LogP contribution is -2.22. The number of aliphatic imine (C=N–C) groups is 1. The summed E-state index contributed by atoms with van der Waals surface area (Å²) in [4.78, 5) is 12.7. The lowest BCUT2D eigenvalue weighted by molar-refractivity contribution is 0.967. The van der Waals surface area contributed by atoms with Crippen LogP contribution in [-0.2, 0) is 6.54 Å². The van der Waals surface area contributed by atoms with Gasteiger partial charge < -0.3 is 11.1 Å². The zero-order valence-corrected chi connectivity index (χ0v) is 11.9. The third-order valence-corrected chi connectivity index (χ3v) is 3.06. The van der Waals surface area contributed by atoms with E-state index in [1.807, 2.05) is 53.2 Å². The van der Waals surface area contributed by atoms with Crippen LogP contribution in [0.2, 0.25) is 0 Å². The van der Waals surface area contributed by atoms with Crippen molar-refractivity contribution in [3.05, 3.63) is 72.9 Å². The molecule has 6 nitrogen and oxygen atoms in total. The van der Waals surface area contributed by atoms with Crippen LogP contribution >= 0.6 is 0 Å². The van der Waals surface area contributed by atoms with Gasteiger partial charge in [-0.25, -0.2) is 15.0 Å². The van der Waals surface area contributed by atoms with Gasteiger partial charge in [-0.15, -0.1) is 0 Å². The van der Waals surface area contributed by atoms with Crippen LogP contribution in [0.1, 0.15) is 5.56 Å². The maximum absolute atomic E-state index is 5.87. The van der Waals surface area contributed by atoms with Crippen LogP contribution in [0.4, 0.5) is 5.69 Å². The van der Waals surface area contributed by atoms with Gasteiger partial charge in [-0.05, 0) is 23.8 Å². The van der Waals surface area contributed by atoms with Crippen LogP contribution in [0.3, 0.4) is 0 Å². The number of nitrogens with one attached hydrogen (secondary N) is 1. The number of aromatic nitrogens is 3. The Morgan fingerprint density at radius 3 is 2.73 bits per heavy atom. The molecule has 0 saturated heterocycles. The Bertz CT molecular complexity index is 732. The molecule has 0 spiro atoms. The van der Waals surface area contributed by atoms with Gasteiger partial charge in [-0.2, -0.15) is 0 Å². The van der Waals surface area contributed by atoms with Gasteiger partial charge in [-0.1, -0.05) is 24.3 Å². The molecular weight excluding hydrogens is 276 g/mol. The lowest BCUT2D eigenvalue weighted by Gasteiger charge is -2.05. The highest BCUT2D eigenvalue weighted by atomic mass is 15.1. The molecule has 110 valence electrons. The van der Waals surface area contributed by atoms with Crippen molar-refractivity contribution < 1.29 is 0 Å². The number of imidazole rings is 1. The quantitative estimate of drug-likeness (QED) is 0.570. The van der Waals surface area contributed by atoms with Crippen molar-refractivity contribution in [2.24, 2.45) is 10.7 Å². The van der Waals surface area contributed by atoms with Gasteiger partial charge in [0.15, 0.2) is 5.96 Å². The number of pyridine rings is 1. The summed E-state index contributed by atoms with van der Waals surface area (Å²) in [6, 6.07) is 13.6. The summed E-state index contributed by atoms with van der Waals surface area (Å²) in [5.74, 6) is 1.20. The maximum Gasteiger partial charge on any atom is 0.193 e. The molecule has 2 heterocycles. The molecule has 0 bridgehead atoms. The van der Waals surface area contributed by atoms with Gasteiger partial charge >= 0.3 is 0 Å². The van der Waals surface area contributed by atoms with E-state index < -0.39 is 0 Å². The first kappa shape index (κ1) is 13.8. The fourth-order valence-corrected chi connectivity index (χ4v) is 1.94. The van der Waals surface area contributed by atoms with E-state index in [9.17, 15) is 0 Å². The summed E-state index contributed by atoms with van der Waals surface area (Å²) in [5, 5.41) is 3.04. The van der Waals surface area contributed by atoms with Crippen LogP contribution < -0.4 is 11.1 Å². The average molecular weight is 292 g/mol. The van der Waals surface area contributed by atoms with Crippen LogP contribution in [0, 0.1) is 0 Å². The highest BCUT2D eigenvalue weighted by Gasteiger charge is 1.98. The smallest absolute Gasteiger partial charge is 0.193 e. The van der Waals surface area contributed by atoms with E-state index in [1.165, 1.54) is 0 Å². The van der Waals surface area contributed by atoms with Gasteiger partial charge in [0.25, 0.3) is 0 Å². The number of anilines is 1. The number of hydrogen-bond donors (Lipinski definition) is 2. The van der Waals surface area contributed by atoms with E-state index >= 15 is 0 Å². The molecule has 0 unspecified atom stereocenters. The van der Waals surface area contributed by atoms with Crippen LogP contribution in [-0.4, -0.2) is 20.5 Å². The number of nitrogens with zero attached hydrogens (tertiary/aromatic N) is 4. The highest BCUT2D eigenvalue weighted by molar-refractivity contribution is 5.92. The second-order valence-electron chi connectivity index (χ2n) is 4.69. The molecule has 3 rings (SSSR count). The summed E-state index contributed by atoms with van der Waals surface area (Å²) in [5.41, 5.74) is 7.77. The molecule has 3 aromatic rings. The Hall–Kier alpha value is -3.15. The maximum atomic E-state index is 5.87. The third-order valence-electron chi connectivity index (χ3n) is 3.06. The van der Waals surface area contributed by atoms with Crippen molar-refractivity contribution in [3.63, 3.8) is 0 Å². The second kappa shape index (κ2) is 6.53. The standard InChI is InChI=1S/C16H16N6/c17-16(21-14-4-2-1-3-5-14)20-11-13-6-7-15(19-10-13)22-9-8-18-12-22/h1-10,12H,11H2,(H3,17,20,21). The van der Waals surface area contributed by atoms with E-state index in [4.69, 9.17) is 5.73 Å². The summed E-state index contributed by atoms with van der Waals surface area (Å²) in [6.45, 7) is 0.475. The van der Waals surface area contributed by atoms with Gasteiger partial charge in [0.05, 0.1) is 6.54 Å². The zero-order valence-electron chi connectivity index (χ0n) is 11.9. The topological polar surface area (TPSA) is 81.1 Å². The molecular formula is C16H16N6. The van der Waals surface area contributed by atoms with Crippen LogP contribution in [0.15, 0.2) is 72.4 Å². The molecule has 0 saturated carbocycles. The Labute approximate surface area is 128 Å². The normalized spacial score (nSPS) is 11.4. The van der Waals surface area contributed by atoms with Crippen molar-refractivity contribution in [1.29, 1.82) is 0 Å². The molecule has 6 heteroatoms. The number of nitrogens with two attached hydrogens (primary N) is 1. The van der Waals surface area contributed by atoms with Gasteiger partial charge in [0.2, 0.25) is 0 Å². The molecule has 3 N–H and O–H groups in total. The molecule has 0 radical (unpaired) electrons. The van der Waals surface area contributed by atoms with E-state index in [0.717, 1.165) is 17.1 Å². The summed E-state index contributed by atoms with van der Waals surface area (Å²) < 4.78 is 1.85. The molecule has 0 aliphatic carbocycles. The Kier molecular flexibility index (Phi) is 4.10. The molecule has 22 heavy (non-hydrogen) atoms. The number of rotatable bonds is 4. The van der Waals surface area contributed by atoms with Gasteiger partial charge in [0.1, 0.15) is 12.1 Å². The summed E-state index contributed by atoms with van der Waals surface area (Å²) in [7, 11) is 0. The largest absolute Gasteiger partial charge is 0.370 e. The first-order chi connectivity index (χ1) is 10.8. The third kappa shape index (κ3) is 3.49. The van der Waals surface area contributed by atoms with Gasteiger partial charge in [-0.3, -0.25) is 4.57 Å². The van der Waals surface area contributed by atoms with Gasteiger partial charge in [0, 0.05) is 24.3 Å². The van der Waals surface area contributed by atoms with Crippen molar-refractivity contribution in [2.45, 2.75) is 6.54 Å². The number of para-hydroxylation sites is 1. The molecule has 0 fully saturated rings.